The van der Waals surface area contributed by atoms with E-state index in [0.717, 1.165) is 68.7 Å². The Labute approximate surface area is 199 Å². The average molecular weight is 468 g/mol. The molecular formula is C26H33N3O3S. The largest absolute Gasteiger partial charge is 0.459 e. The highest BCUT2D eigenvalue weighted by molar-refractivity contribution is 7.18. The van der Waals surface area contributed by atoms with Crippen molar-refractivity contribution in [3.05, 3.63) is 41.3 Å². The van der Waals surface area contributed by atoms with Crippen LogP contribution in [0.25, 0.3) is 10.4 Å². The lowest BCUT2D eigenvalue weighted by Gasteiger charge is -2.44. The molecule has 3 aliphatic heterocycles. The minimum atomic E-state index is -0.366. The van der Waals surface area contributed by atoms with E-state index in [0.29, 0.717) is 16.6 Å². The Morgan fingerprint density at radius 1 is 1.15 bits per heavy atom. The second-order valence-electron chi connectivity index (χ2n) is 10.5. The summed E-state index contributed by atoms with van der Waals surface area (Å²) in [6.45, 7) is 7.28. The Hall–Kier alpha value is -2.38. The molecule has 1 aromatic carbocycles. The fourth-order valence-corrected chi connectivity index (χ4v) is 7.02. The number of ether oxygens (including phenoxy) is 1. The van der Waals surface area contributed by atoms with Crippen molar-refractivity contribution in [1.82, 2.24) is 9.80 Å². The third kappa shape index (κ3) is 4.28. The Morgan fingerprint density at radius 3 is 2.55 bits per heavy atom. The van der Waals surface area contributed by atoms with Crippen molar-refractivity contribution in [1.29, 1.82) is 0 Å². The molecule has 3 saturated heterocycles. The van der Waals surface area contributed by atoms with Crippen molar-refractivity contribution in [3.63, 3.8) is 0 Å². The van der Waals surface area contributed by atoms with Crippen LogP contribution in [0.4, 0.5) is 5.69 Å². The van der Waals surface area contributed by atoms with Gasteiger partial charge in [-0.15, -0.1) is 11.3 Å². The number of rotatable bonds is 3. The first-order valence-corrected chi connectivity index (χ1v) is 12.8. The van der Waals surface area contributed by atoms with Crippen LogP contribution >= 0.6 is 11.3 Å². The van der Waals surface area contributed by atoms with E-state index in [1.165, 1.54) is 11.3 Å². The average Bonchev–Trinajstić information content (AvgIpc) is 3.30. The van der Waals surface area contributed by atoms with Gasteiger partial charge in [0.15, 0.2) is 0 Å². The van der Waals surface area contributed by atoms with Crippen LogP contribution < -0.4 is 5.73 Å². The Morgan fingerprint density at radius 2 is 1.88 bits per heavy atom. The molecule has 176 valence electrons. The van der Waals surface area contributed by atoms with Crippen LogP contribution in [0, 0.1) is 5.41 Å². The Kier molecular flexibility index (Phi) is 5.73. The van der Waals surface area contributed by atoms with Crippen molar-refractivity contribution in [2.75, 3.05) is 31.9 Å². The lowest BCUT2D eigenvalue weighted by Crippen LogP contribution is -2.53. The third-order valence-corrected chi connectivity index (χ3v) is 8.64. The summed E-state index contributed by atoms with van der Waals surface area (Å²) in [7, 11) is 0. The maximum absolute atomic E-state index is 13.2. The van der Waals surface area contributed by atoms with Crippen LogP contribution in [-0.4, -0.2) is 59.5 Å². The van der Waals surface area contributed by atoms with E-state index in [4.69, 9.17) is 10.5 Å². The molecule has 2 aromatic rings. The van der Waals surface area contributed by atoms with Gasteiger partial charge >= 0.3 is 5.97 Å². The number of carbonyl (C=O) groups is 2. The summed E-state index contributed by atoms with van der Waals surface area (Å²) in [6, 6.07) is 12.4. The van der Waals surface area contributed by atoms with Crippen LogP contribution in [0.5, 0.6) is 0 Å². The SMILES string of the molecule is CC1(C)CC2(CCCN(C3CCN(C(=O)c4sc(-c5ccccc5)cc4N)CC3)C2)C(=O)O1. The smallest absolute Gasteiger partial charge is 0.314 e. The summed E-state index contributed by atoms with van der Waals surface area (Å²) in [5, 5.41) is 0. The van der Waals surface area contributed by atoms with Gasteiger partial charge in [0.1, 0.15) is 10.5 Å². The highest BCUT2D eigenvalue weighted by Gasteiger charge is 2.54. The van der Waals surface area contributed by atoms with Gasteiger partial charge < -0.3 is 15.4 Å². The number of likely N-dealkylation sites (tertiary alicyclic amines) is 2. The number of hydrogen-bond acceptors (Lipinski definition) is 6. The molecule has 1 unspecified atom stereocenters. The predicted molar refractivity (Wildman–Crippen MR) is 131 cm³/mol. The maximum Gasteiger partial charge on any atom is 0.314 e. The molecule has 5 rings (SSSR count). The van der Waals surface area contributed by atoms with Gasteiger partial charge in [-0.05, 0) is 57.7 Å². The molecule has 1 spiro atoms. The molecule has 0 aliphatic carbocycles. The number of anilines is 1. The van der Waals surface area contributed by atoms with Crippen molar-refractivity contribution in [2.45, 2.75) is 57.6 Å². The normalized spacial score (nSPS) is 26.0. The first-order valence-electron chi connectivity index (χ1n) is 12.0. The van der Waals surface area contributed by atoms with E-state index in [-0.39, 0.29) is 22.9 Å². The number of nitrogen functional groups attached to an aromatic ring is 1. The molecule has 1 aromatic heterocycles. The molecule has 7 heteroatoms. The van der Waals surface area contributed by atoms with Crippen molar-refractivity contribution >= 4 is 28.9 Å². The quantitative estimate of drug-likeness (QED) is 0.677. The van der Waals surface area contributed by atoms with Gasteiger partial charge in [-0.2, -0.15) is 0 Å². The van der Waals surface area contributed by atoms with Crippen LogP contribution in [0.1, 0.15) is 55.6 Å². The summed E-state index contributed by atoms with van der Waals surface area (Å²) in [4.78, 5) is 32.1. The minimum Gasteiger partial charge on any atom is -0.459 e. The Balaban J connectivity index is 1.22. The number of carbonyl (C=O) groups excluding carboxylic acids is 2. The zero-order valence-corrected chi connectivity index (χ0v) is 20.3. The fraction of sp³-hybridized carbons (Fsp3) is 0.538. The second kappa shape index (κ2) is 8.44. The summed E-state index contributed by atoms with van der Waals surface area (Å²) in [5.74, 6) is 0.0153. The highest BCUT2D eigenvalue weighted by atomic mass is 32.1. The lowest BCUT2D eigenvalue weighted by molar-refractivity contribution is -0.154. The third-order valence-electron chi connectivity index (χ3n) is 7.45. The second-order valence-corrected chi connectivity index (χ2v) is 11.5. The van der Waals surface area contributed by atoms with Crippen molar-refractivity contribution < 1.29 is 14.3 Å². The monoisotopic (exact) mass is 467 g/mol. The first-order chi connectivity index (χ1) is 15.8. The molecule has 2 N–H and O–H groups in total. The lowest BCUT2D eigenvalue weighted by atomic mass is 9.74. The number of nitrogens with two attached hydrogens (primary N) is 1. The molecule has 4 heterocycles. The summed E-state index contributed by atoms with van der Waals surface area (Å²) in [5.41, 5.74) is 7.17. The predicted octanol–water partition coefficient (Wildman–Crippen LogP) is 4.41. The number of piperidine rings is 2. The van der Waals surface area contributed by atoms with Gasteiger partial charge in [0.2, 0.25) is 0 Å². The zero-order valence-electron chi connectivity index (χ0n) is 19.5. The standard InChI is InChI=1S/C26H33N3O3S/c1-25(2)16-26(24(31)32-25)11-6-12-29(17-26)19-9-13-28(14-10-19)23(30)22-20(27)15-21(33-22)18-7-4-3-5-8-18/h3-5,7-8,15,19H,6,9-14,16-17,27H2,1-2H3. The Bertz CT molecular complexity index is 1040. The van der Waals surface area contributed by atoms with Crippen LogP contribution in [-0.2, 0) is 9.53 Å². The number of benzene rings is 1. The molecule has 33 heavy (non-hydrogen) atoms. The highest BCUT2D eigenvalue weighted by Crippen LogP contribution is 2.46. The van der Waals surface area contributed by atoms with E-state index in [1.807, 2.05) is 55.1 Å². The fourth-order valence-electron chi connectivity index (χ4n) is 5.97. The topological polar surface area (TPSA) is 75.9 Å². The van der Waals surface area contributed by atoms with E-state index in [9.17, 15) is 9.59 Å². The summed E-state index contributed by atoms with van der Waals surface area (Å²) < 4.78 is 5.69. The number of esters is 1. The van der Waals surface area contributed by atoms with E-state index in [1.54, 1.807) is 0 Å². The molecule has 0 saturated carbocycles. The number of amides is 1. The molecule has 0 radical (unpaired) electrons. The van der Waals surface area contributed by atoms with Crippen LogP contribution in [0.2, 0.25) is 0 Å². The van der Waals surface area contributed by atoms with E-state index < -0.39 is 0 Å². The number of cyclic esters (lactones) is 1. The van der Waals surface area contributed by atoms with Gasteiger partial charge in [-0.3, -0.25) is 14.5 Å². The maximum atomic E-state index is 13.2. The van der Waals surface area contributed by atoms with Gasteiger partial charge in [0.05, 0.1) is 11.1 Å². The van der Waals surface area contributed by atoms with Gasteiger partial charge in [-0.25, -0.2) is 0 Å². The molecule has 3 fully saturated rings. The number of hydrogen-bond donors (Lipinski definition) is 1. The van der Waals surface area contributed by atoms with Gasteiger partial charge in [0.25, 0.3) is 5.91 Å². The summed E-state index contributed by atoms with van der Waals surface area (Å²) >= 11 is 1.48. The molecular weight excluding hydrogens is 434 g/mol. The zero-order chi connectivity index (χ0) is 23.2. The summed E-state index contributed by atoms with van der Waals surface area (Å²) in [6.07, 6.45) is 4.60. The van der Waals surface area contributed by atoms with E-state index in [2.05, 4.69) is 4.90 Å². The van der Waals surface area contributed by atoms with Gasteiger partial charge in [0, 0.05) is 37.0 Å². The minimum absolute atomic E-state index is 0.0211. The van der Waals surface area contributed by atoms with Crippen molar-refractivity contribution in [3.8, 4) is 10.4 Å². The van der Waals surface area contributed by atoms with E-state index >= 15 is 0 Å². The first kappa shape index (κ1) is 22.4. The molecule has 3 aliphatic rings. The van der Waals surface area contributed by atoms with Crippen LogP contribution in [0.15, 0.2) is 36.4 Å². The van der Waals surface area contributed by atoms with Gasteiger partial charge in [-0.1, -0.05) is 30.3 Å². The number of thiophene rings is 1. The van der Waals surface area contributed by atoms with Crippen molar-refractivity contribution in [2.24, 2.45) is 5.41 Å². The molecule has 1 amide bonds. The molecule has 6 nitrogen and oxygen atoms in total. The molecule has 1 atom stereocenters. The number of nitrogens with zero attached hydrogens (tertiary/aromatic N) is 2. The molecule has 0 bridgehead atoms. The van der Waals surface area contributed by atoms with Crippen LogP contribution in [0.3, 0.4) is 0 Å².